The molecule has 1 aliphatic carbocycles. The fourth-order valence-corrected chi connectivity index (χ4v) is 5.11. The summed E-state index contributed by atoms with van der Waals surface area (Å²) in [4.78, 5) is 26.3. The van der Waals surface area contributed by atoms with E-state index in [1.807, 2.05) is 84.9 Å². The van der Waals surface area contributed by atoms with Gasteiger partial charge in [0, 0.05) is 24.1 Å². The third-order valence-corrected chi connectivity index (χ3v) is 7.53. The van der Waals surface area contributed by atoms with Crippen LogP contribution in [0, 0.1) is 0 Å². The Labute approximate surface area is 237 Å². The van der Waals surface area contributed by atoms with Crippen LogP contribution < -0.4 is 16.0 Å². The highest BCUT2D eigenvalue weighted by Crippen LogP contribution is 2.40. The van der Waals surface area contributed by atoms with Gasteiger partial charge in [0.2, 0.25) is 5.91 Å². The molecule has 5 heteroatoms. The third kappa shape index (κ3) is 7.67. The molecule has 5 rings (SSSR count). The Kier molecular flexibility index (Phi) is 9.38. The monoisotopic (exact) mass is 531 g/mol. The molecular formula is C35H37N3O2. The van der Waals surface area contributed by atoms with Crippen LogP contribution in [-0.4, -0.2) is 30.4 Å². The summed E-state index contributed by atoms with van der Waals surface area (Å²) in [6.45, 7) is 1.34. The zero-order chi connectivity index (χ0) is 27.6. The van der Waals surface area contributed by atoms with Crippen molar-refractivity contribution in [2.45, 2.75) is 50.2 Å². The SMILES string of the molecule is O=C(NC(CCCCN[C@@H]1C[C@H]1c1ccccc1)C(=O)NCc1ccccc1)c1ccc(-c2ccccc2)cc1. The summed E-state index contributed by atoms with van der Waals surface area (Å²) in [6.07, 6.45) is 3.55. The molecule has 0 radical (unpaired) electrons. The number of unbranched alkanes of at least 4 members (excludes halogenated alkanes) is 1. The van der Waals surface area contributed by atoms with E-state index < -0.39 is 6.04 Å². The van der Waals surface area contributed by atoms with Crippen molar-refractivity contribution in [3.05, 3.63) is 132 Å². The Morgan fingerprint density at radius 3 is 2.05 bits per heavy atom. The number of rotatable bonds is 13. The number of nitrogens with one attached hydrogen (secondary N) is 3. The van der Waals surface area contributed by atoms with Gasteiger partial charge >= 0.3 is 0 Å². The van der Waals surface area contributed by atoms with E-state index in [-0.39, 0.29) is 11.8 Å². The molecule has 3 atom stereocenters. The van der Waals surface area contributed by atoms with Gasteiger partial charge in [-0.05, 0) is 66.6 Å². The minimum atomic E-state index is -0.594. The molecule has 1 aliphatic rings. The number of benzene rings is 4. The van der Waals surface area contributed by atoms with Gasteiger partial charge in [-0.2, -0.15) is 0 Å². The van der Waals surface area contributed by atoms with Crippen molar-refractivity contribution < 1.29 is 9.59 Å². The van der Waals surface area contributed by atoms with Gasteiger partial charge in [-0.25, -0.2) is 0 Å². The molecule has 0 aromatic heterocycles. The lowest BCUT2D eigenvalue weighted by Crippen LogP contribution is -2.46. The van der Waals surface area contributed by atoms with Crippen molar-refractivity contribution in [1.82, 2.24) is 16.0 Å². The summed E-state index contributed by atoms with van der Waals surface area (Å²) in [6, 6.07) is 38.0. The van der Waals surface area contributed by atoms with Gasteiger partial charge in [0.05, 0.1) is 0 Å². The summed E-state index contributed by atoms with van der Waals surface area (Å²) < 4.78 is 0. The minimum Gasteiger partial charge on any atom is -0.350 e. The van der Waals surface area contributed by atoms with Gasteiger partial charge in [0.15, 0.2) is 0 Å². The molecule has 0 spiro atoms. The maximum atomic E-state index is 13.2. The van der Waals surface area contributed by atoms with Gasteiger partial charge < -0.3 is 16.0 Å². The first-order valence-corrected chi connectivity index (χ1v) is 14.2. The molecule has 0 bridgehead atoms. The van der Waals surface area contributed by atoms with Crippen LogP contribution in [0.5, 0.6) is 0 Å². The Balaban J connectivity index is 1.14. The van der Waals surface area contributed by atoms with Crippen molar-refractivity contribution in [3.63, 3.8) is 0 Å². The van der Waals surface area contributed by atoms with E-state index in [9.17, 15) is 9.59 Å². The predicted molar refractivity (Wildman–Crippen MR) is 161 cm³/mol. The summed E-state index contributed by atoms with van der Waals surface area (Å²) in [5, 5.41) is 9.66. The first-order valence-electron chi connectivity index (χ1n) is 14.2. The van der Waals surface area contributed by atoms with Crippen LogP contribution in [0.3, 0.4) is 0 Å². The van der Waals surface area contributed by atoms with Crippen LogP contribution in [0.25, 0.3) is 11.1 Å². The van der Waals surface area contributed by atoms with Gasteiger partial charge in [-0.3, -0.25) is 9.59 Å². The molecular weight excluding hydrogens is 494 g/mol. The number of amides is 2. The van der Waals surface area contributed by atoms with E-state index >= 15 is 0 Å². The molecule has 204 valence electrons. The fraction of sp³-hybridized carbons (Fsp3) is 0.257. The topological polar surface area (TPSA) is 70.2 Å². The van der Waals surface area contributed by atoms with Crippen LogP contribution in [0.1, 0.15) is 53.1 Å². The van der Waals surface area contributed by atoms with E-state index in [1.165, 1.54) is 12.0 Å². The van der Waals surface area contributed by atoms with Crippen molar-refractivity contribution >= 4 is 11.8 Å². The van der Waals surface area contributed by atoms with Gasteiger partial charge in [-0.1, -0.05) is 103 Å². The number of hydrogen-bond acceptors (Lipinski definition) is 3. The van der Waals surface area contributed by atoms with Gasteiger partial charge in [-0.15, -0.1) is 0 Å². The third-order valence-electron chi connectivity index (χ3n) is 7.53. The van der Waals surface area contributed by atoms with Crippen molar-refractivity contribution in [2.24, 2.45) is 0 Å². The highest BCUT2D eigenvalue weighted by atomic mass is 16.2. The molecule has 5 nitrogen and oxygen atoms in total. The second-order valence-electron chi connectivity index (χ2n) is 10.5. The molecule has 40 heavy (non-hydrogen) atoms. The zero-order valence-electron chi connectivity index (χ0n) is 22.8. The number of hydrogen-bond donors (Lipinski definition) is 3. The standard InChI is InChI=1S/C35H37N3O2/c39-34(30-21-19-28(20-22-30)27-14-6-2-7-15-27)38-32(35(40)37-25-26-12-4-1-5-13-26)18-10-11-23-36-33-24-31(33)29-16-8-3-9-17-29/h1-9,12-17,19-22,31-33,36H,10-11,18,23-25H2,(H,37,40)(H,38,39)/t31-,32?,33+/m0/s1. The van der Waals surface area contributed by atoms with E-state index in [1.54, 1.807) is 0 Å². The molecule has 1 saturated carbocycles. The summed E-state index contributed by atoms with van der Waals surface area (Å²) in [5.41, 5.74) is 5.12. The van der Waals surface area contributed by atoms with Gasteiger partial charge in [0.25, 0.3) is 5.91 Å². The van der Waals surface area contributed by atoms with E-state index in [0.717, 1.165) is 36.1 Å². The Hall–Kier alpha value is -4.22. The molecule has 0 aliphatic heterocycles. The summed E-state index contributed by atoms with van der Waals surface area (Å²) >= 11 is 0. The zero-order valence-corrected chi connectivity index (χ0v) is 22.8. The van der Waals surface area contributed by atoms with Crippen LogP contribution in [0.15, 0.2) is 115 Å². The van der Waals surface area contributed by atoms with E-state index in [4.69, 9.17) is 0 Å². The largest absolute Gasteiger partial charge is 0.350 e. The van der Waals surface area contributed by atoms with Crippen molar-refractivity contribution in [1.29, 1.82) is 0 Å². The van der Waals surface area contributed by atoms with Crippen molar-refractivity contribution in [2.75, 3.05) is 6.54 Å². The fourth-order valence-electron chi connectivity index (χ4n) is 5.11. The first-order chi connectivity index (χ1) is 19.7. The van der Waals surface area contributed by atoms with Crippen LogP contribution >= 0.6 is 0 Å². The smallest absolute Gasteiger partial charge is 0.251 e. The molecule has 0 heterocycles. The Morgan fingerprint density at radius 2 is 1.35 bits per heavy atom. The predicted octanol–water partition coefficient (Wildman–Crippen LogP) is 6.08. The van der Waals surface area contributed by atoms with E-state index in [2.05, 4.69) is 46.3 Å². The average Bonchev–Trinajstić information content (AvgIpc) is 3.80. The highest BCUT2D eigenvalue weighted by Gasteiger charge is 2.37. The average molecular weight is 532 g/mol. The van der Waals surface area contributed by atoms with E-state index in [0.29, 0.717) is 30.5 Å². The molecule has 1 fully saturated rings. The second-order valence-corrected chi connectivity index (χ2v) is 10.5. The lowest BCUT2D eigenvalue weighted by Gasteiger charge is -2.19. The molecule has 2 amide bonds. The lowest BCUT2D eigenvalue weighted by atomic mass is 10.0. The Morgan fingerprint density at radius 1 is 0.725 bits per heavy atom. The normalized spacial score (nSPS) is 16.6. The molecule has 3 N–H and O–H groups in total. The summed E-state index contributed by atoms with van der Waals surface area (Å²) in [7, 11) is 0. The summed E-state index contributed by atoms with van der Waals surface area (Å²) in [5.74, 6) is 0.212. The minimum absolute atomic E-state index is 0.155. The molecule has 1 unspecified atom stereocenters. The van der Waals surface area contributed by atoms with Crippen LogP contribution in [0.4, 0.5) is 0 Å². The Bertz CT molecular complexity index is 1360. The lowest BCUT2D eigenvalue weighted by molar-refractivity contribution is -0.123. The molecule has 4 aromatic carbocycles. The number of carbonyl (C=O) groups excluding carboxylic acids is 2. The maximum Gasteiger partial charge on any atom is 0.251 e. The second kappa shape index (κ2) is 13.7. The van der Waals surface area contributed by atoms with Crippen molar-refractivity contribution in [3.8, 4) is 11.1 Å². The maximum absolute atomic E-state index is 13.2. The van der Waals surface area contributed by atoms with Crippen LogP contribution in [0.2, 0.25) is 0 Å². The van der Waals surface area contributed by atoms with Gasteiger partial charge in [0.1, 0.15) is 6.04 Å². The first kappa shape index (κ1) is 27.4. The van der Waals surface area contributed by atoms with Crippen LogP contribution in [-0.2, 0) is 11.3 Å². The quantitative estimate of drug-likeness (QED) is 0.183. The molecule has 0 saturated heterocycles. The highest BCUT2D eigenvalue weighted by molar-refractivity contribution is 5.97. The number of carbonyl (C=O) groups is 2. The molecule has 4 aromatic rings.